The predicted octanol–water partition coefficient (Wildman–Crippen LogP) is 1.10. The number of likely N-dealkylation sites (N-methyl/N-ethyl adjacent to an activating group) is 1. The lowest BCUT2D eigenvalue weighted by molar-refractivity contribution is 0.254. The Labute approximate surface area is 111 Å². The number of halogens is 1. The van der Waals surface area contributed by atoms with Crippen molar-refractivity contribution >= 4 is 17.3 Å². The van der Waals surface area contributed by atoms with E-state index in [4.69, 9.17) is 11.6 Å². The van der Waals surface area contributed by atoms with Crippen LogP contribution in [-0.2, 0) is 0 Å². The number of fused-ring (bicyclic) bond motifs is 2. The number of aromatic amines is 1. The van der Waals surface area contributed by atoms with E-state index in [0.717, 1.165) is 25.2 Å². The van der Waals surface area contributed by atoms with Crippen LogP contribution in [0.2, 0.25) is 5.02 Å². The average Bonchev–Trinajstić information content (AvgIpc) is 2.58. The first-order valence-corrected chi connectivity index (χ1v) is 6.74. The van der Waals surface area contributed by atoms with Crippen molar-refractivity contribution in [3.05, 3.63) is 21.6 Å². The van der Waals surface area contributed by atoms with E-state index in [0.29, 0.717) is 12.1 Å². The second-order valence-corrected chi connectivity index (χ2v) is 5.56. The largest absolute Gasteiger partial charge is 0.367 e. The molecule has 3 heterocycles. The first-order chi connectivity index (χ1) is 8.66. The molecule has 2 fully saturated rings. The van der Waals surface area contributed by atoms with Gasteiger partial charge in [0.1, 0.15) is 5.02 Å². The Morgan fingerprint density at radius 3 is 3.00 bits per heavy atom. The number of nitrogens with one attached hydrogen (secondary N) is 1. The Morgan fingerprint density at radius 1 is 1.39 bits per heavy atom. The van der Waals surface area contributed by atoms with E-state index in [1.54, 1.807) is 6.20 Å². The van der Waals surface area contributed by atoms with Crippen molar-refractivity contribution in [3.63, 3.8) is 0 Å². The quantitative estimate of drug-likeness (QED) is 0.829. The standard InChI is InChI=1S/C12H17ClN4O/c1-16-8-2-3-9(16)7-17(5-4-8)10-6-14-15-12(18)11(10)13/h6,8-9H,2-5,7H2,1H3,(H,15,18)/t8-,9-/m0/s1. The van der Waals surface area contributed by atoms with Crippen LogP contribution in [0.15, 0.2) is 11.0 Å². The molecule has 1 N–H and O–H groups in total. The van der Waals surface area contributed by atoms with E-state index in [1.807, 2.05) is 0 Å². The average molecular weight is 269 g/mol. The second kappa shape index (κ2) is 4.55. The highest BCUT2D eigenvalue weighted by molar-refractivity contribution is 6.32. The van der Waals surface area contributed by atoms with E-state index >= 15 is 0 Å². The molecule has 0 aromatic carbocycles. The molecule has 0 radical (unpaired) electrons. The van der Waals surface area contributed by atoms with E-state index in [9.17, 15) is 4.79 Å². The molecule has 3 rings (SSSR count). The van der Waals surface area contributed by atoms with Gasteiger partial charge in [-0.2, -0.15) is 5.10 Å². The van der Waals surface area contributed by atoms with Crippen LogP contribution in [0.3, 0.4) is 0 Å². The fraction of sp³-hybridized carbons (Fsp3) is 0.667. The van der Waals surface area contributed by atoms with Crippen molar-refractivity contribution in [1.29, 1.82) is 0 Å². The maximum Gasteiger partial charge on any atom is 0.285 e. The van der Waals surface area contributed by atoms with Gasteiger partial charge in [-0.05, 0) is 26.3 Å². The minimum absolute atomic E-state index is 0.255. The molecule has 0 aliphatic carbocycles. The predicted molar refractivity (Wildman–Crippen MR) is 71.3 cm³/mol. The molecule has 2 saturated heterocycles. The van der Waals surface area contributed by atoms with Gasteiger partial charge in [0, 0.05) is 25.2 Å². The molecule has 0 spiro atoms. The van der Waals surface area contributed by atoms with Crippen LogP contribution in [-0.4, -0.2) is 47.3 Å². The molecule has 6 heteroatoms. The third-order valence-electron chi connectivity index (χ3n) is 4.27. The number of hydrogen-bond acceptors (Lipinski definition) is 4. The van der Waals surface area contributed by atoms with Crippen molar-refractivity contribution in [2.75, 3.05) is 25.0 Å². The molecule has 2 bridgehead atoms. The Morgan fingerprint density at radius 2 is 2.17 bits per heavy atom. The zero-order chi connectivity index (χ0) is 12.7. The van der Waals surface area contributed by atoms with Gasteiger partial charge >= 0.3 is 0 Å². The first kappa shape index (κ1) is 12.0. The van der Waals surface area contributed by atoms with Crippen LogP contribution in [0.25, 0.3) is 0 Å². The summed E-state index contributed by atoms with van der Waals surface area (Å²) in [6.45, 7) is 1.87. The van der Waals surface area contributed by atoms with E-state index in [1.165, 1.54) is 12.8 Å². The molecule has 0 amide bonds. The van der Waals surface area contributed by atoms with Gasteiger partial charge in [-0.25, -0.2) is 5.10 Å². The van der Waals surface area contributed by atoms with Crippen molar-refractivity contribution in [2.24, 2.45) is 0 Å². The van der Waals surface area contributed by atoms with Crippen LogP contribution < -0.4 is 10.5 Å². The monoisotopic (exact) mass is 268 g/mol. The number of H-pyrrole nitrogens is 1. The molecule has 2 aliphatic rings. The topological polar surface area (TPSA) is 52.2 Å². The number of hydrogen-bond donors (Lipinski definition) is 1. The summed E-state index contributed by atoms with van der Waals surface area (Å²) in [6.07, 6.45) is 5.29. The first-order valence-electron chi connectivity index (χ1n) is 6.37. The molecule has 2 aliphatic heterocycles. The molecule has 18 heavy (non-hydrogen) atoms. The van der Waals surface area contributed by atoms with E-state index < -0.39 is 0 Å². The number of nitrogens with zero attached hydrogens (tertiary/aromatic N) is 3. The van der Waals surface area contributed by atoms with E-state index in [-0.39, 0.29) is 10.6 Å². The summed E-state index contributed by atoms with van der Waals surface area (Å²) in [5.74, 6) is 0. The van der Waals surface area contributed by atoms with Crippen LogP contribution in [0.5, 0.6) is 0 Å². The van der Waals surface area contributed by atoms with Crippen molar-refractivity contribution in [1.82, 2.24) is 15.1 Å². The van der Waals surface area contributed by atoms with Crippen molar-refractivity contribution in [3.8, 4) is 0 Å². The Bertz CT molecular complexity index is 503. The summed E-state index contributed by atoms with van der Waals surface area (Å²) < 4.78 is 0. The highest BCUT2D eigenvalue weighted by atomic mass is 35.5. The van der Waals surface area contributed by atoms with Crippen molar-refractivity contribution < 1.29 is 0 Å². The second-order valence-electron chi connectivity index (χ2n) is 5.18. The summed E-state index contributed by atoms with van der Waals surface area (Å²) in [6, 6.07) is 1.24. The molecule has 0 unspecified atom stereocenters. The van der Waals surface area contributed by atoms with Gasteiger partial charge in [-0.1, -0.05) is 11.6 Å². The number of anilines is 1. The van der Waals surface area contributed by atoms with Gasteiger partial charge in [-0.3, -0.25) is 9.69 Å². The lowest BCUT2D eigenvalue weighted by atomic mass is 10.1. The van der Waals surface area contributed by atoms with Gasteiger partial charge in [-0.15, -0.1) is 0 Å². The van der Waals surface area contributed by atoms with Gasteiger partial charge in [0.2, 0.25) is 0 Å². The maximum absolute atomic E-state index is 11.5. The highest BCUT2D eigenvalue weighted by Gasteiger charge is 2.35. The molecular formula is C12H17ClN4O. The highest BCUT2D eigenvalue weighted by Crippen LogP contribution is 2.31. The molecular weight excluding hydrogens is 252 g/mol. The maximum atomic E-state index is 11.5. The van der Waals surface area contributed by atoms with E-state index in [2.05, 4.69) is 27.0 Å². The van der Waals surface area contributed by atoms with Crippen LogP contribution in [0, 0.1) is 0 Å². The fourth-order valence-corrected chi connectivity index (χ4v) is 3.33. The molecule has 98 valence electrons. The zero-order valence-corrected chi connectivity index (χ0v) is 11.2. The summed E-state index contributed by atoms with van der Waals surface area (Å²) in [5, 5.41) is 6.47. The normalized spacial score (nSPS) is 28.4. The lowest BCUT2D eigenvalue weighted by Crippen LogP contribution is -2.37. The third kappa shape index (κ3) is 1.91. The third-order valence-corrected chi connectivity index (χ3v) is 4.63. The molecule has 1 aromatic heterocycles. The Hall–Kier alpha value is -1.07. The lowest BCUT2D eigenvalue weighted by Gasteiger charge is -2.27. The fourth-order valence-electron chi connectivity index (χ4n) is 3.12. The van der Waals surface area contributed by atoms with Crippen LogP contribution in [0.4, 0.5) is 5.69 Å². The Balaban J connectivity index is 1.89. The summed E-state index contributed by atoms with van der Waals surface area (Å²) in [5.41, 5.74) is 0.457. The summed E-state index contributed by atoms with van der Waals surface area (Å²) in [4.78, 5) is 16.2. The number of rotatable bonds is 1. The molecule has 1 aromatic rings. The Kier molecular flexibility index (Phi) is 3.03. The zero-order valence-electron chi connectivity index (χ0n) is 10.4. The van der Waals surface area contributed by atoms with Gasteiger partial charge < -0.3 is 4.90 Å². The van der Waals surface area contributed by atoms with Crippen LogP contribution in [0.1, 0.15) is 19.3 Å². The summed E-state index contributed by atoms with van der Waals surface area (Å²) in [7, 11) is 2.20. The minimum atomic E-state index is -0.308. The molecule has 2 atom stereocenters. The van der Waals surface area contributed by atoms with Gasteiger partial charge in [0.15, 0.2) is 0 Å². The smallest absolute Gasteiger partial charge is 0.285 e. The van der Waals surface area contributed by atoms with Gasteiger partial charge in [0.05, 0.1) is 11.9 Å². The minimum Gasteiger partial charge on any atom is -0.367 e. The summed E-state index contributed by atoms with van der Waals surface area (Å²) >= 11 is 6.08. The molecule has 5 nitrogen and oxygen atoms in total. The van der Waals surface area contributed by atoms with Crippen LogP contribution >= 0.6 is 11.6 Å². The number of aromatic nitrogens is 2. The van der Waals surface area contributed by atoms with Gasteiger partial charge in [0.25, 0.3) is 5.56 Å². The van der Waals surface area contributed by atoms with Crippen molar-refractivity contribution in [2.45, 2.75) is 31.3 Å². The molecule has 0 saturated carbocycles. The SMILES string of the molecule is CN1[C@H]2CC[C@H]1CN(c1cn[nH]c(=O)c1Cl)CC2.